The lowest BCUT2D eigenvalue weighted by Crippen LogP contribution is -2.34. The first kappa shape index (κ1) is 26.1. The Labute approximate surface area is 193 Å². The van der Waals surface area contributed by atoms with Crippen LogP contribution in [0.3, 0.4) is 0 Å². The van der Waals surface area contributed by atoms with Crippen molar-refractivity contribution in [2.45, 2.75) is 62.7 Å². The van der Waals surface area contributed by atoms with Gasteiger partial charge < -0.3 is 4.74 Å². The molecule has 0 aliphatic heterocycles. The number of fused-ring (bicyclic) bond motifs is 1. The third-order valence-electron chi connectivity index (χ3n) is 5.67. The van der Waals surface area contributed by atoms with E-state index in [1.54, 1.807) is 6.92 Å². The molecule has 1 aromatic carbocycles. The lowest BCUT2D eigenvalue weighted by molar-refractivity contribution is -0.144. The summed E-state index contributed by atoms with van der Waals surface area (Å²) < 4.78 is 102. The highest BCUT2D eigenvalue weighted by Gasteiger charge is 2.39. The van der Waals surface area contributed by atoms with Gasteiger partial charge in [0.25, 0.3) is 5.92 Å². The van der Waals surface area contributed by atoms with Gasteiger partial charge in [-0.3, -0.25) is 9.48 Å². The van der Waals surface area contributed by atoms with Crippen LogP contribution in [-0.4, -0.2) is 42.1 Å². The van der Waals surface area contributed by atoms with Crippen LogP contribution in [0.25, 0.3) is 0 Å². The monoisotopic (exact) mass is 509 g/mol. The highest BCUT2D eigenvalue weighted by molar-refractivity contribution is 7.89. The van der Waals surface area contributed by atoms with Gasteiger partial charge in [-0.15, -0.1) is 0 Å². The summed E-state index contributed by atoms with van der Waals surface area (Å²) in [5.41, 5.74) is -1.43. The molecule has 0 spiro atoms. The number of esters is 1. The number of sulfonamides is 1. The third kappa shape index (κ3) is 5.24. The van der Waals surface area contributed by atoms with E-state index >= 15 is 0 Å². The van der Waals surface area contributed by atoms with Gasteiger partial charge >= 0.3 is 12.1 Å². The average Bonchev–Trinajstić information content (AvgIpc) is 3.14. The predicted octanol–water partition coefficient (Wildman–Crippen LogP) is 4.27. The zero-order chi connectivity index (χ0) is 25.5. The third-order valence-corrected chi connectivity index (χ3v) is 7.52. The molecule has 0 bridgehead atoms. The van der Waals surface area contributed by atoms with Crippen molar-refractivity contribution >= 4 is 16.0 Å². The van der Waals surface area contributed by atoms with Crippen LogP contribution in [0.4, 0.5) is 22.0 Å². The largest absolute Gasteiger partial charge is 0.465 e. The summed E-state index contributed by atoms with van der Waals surface area (Å²) >= 11 is 0. The van der Waals surface area contributed by atoms with Crippen LogP contribution < -0.4 is 0 Å². The molecule has 1 aliphatic rings. The van der Waals surface area contributed by atoms with Gasteiger partial charge in [-0.1, -0.05) is 0 Å². The second-order valence-electron chi connectivity index (χ2n) is 8.07. The summed E-state index contributed by atoms with van der Waals surface area (Å²) in [6.45, 7) is 2.06. The van der Waals surface area contributed by atoms with Crippen molar-refractivity contribution < 1.29 is 39.9 Å². The van der Waals surface area contributed by atoms with Crippen LogP contribution in [0.2, 0.25) is 0 Å². The van der Waals surface area contributed by atoms with E-state index in [1.165, 1.54) is 17.9 Å². The second-order valence-corrected chi connectivity index (χ2v) is 10.1. The first-order valence-corrected chi connectivity index (χ1v) is 11.9. The number of hydrogen-bond acceptors (Lipinski definition) is 5. The van der Waals surface area contributed by atoms with Gasteiger partial charge in [0, 0.05) is 30.8 Å². The zero-order valence-corrected chi connectivity index (χ0v) is 19.5. The number of alkyl halides is 5. The summed E-state index contributed by atoms with van der Waals surface area (Å²) in [7, 11) is -3.42. The summed E-state index contributed by atoms with van der Waals surface area (Å²) in [6.07, 6.45) is -2.25. The molecule has 1 aliphatic carbocycles. The first-order chi connectivity index (χ1) is 15.7. The van der Waals surface area contributed by atoms with Crippen LogP contribution in [0.15, 0.2) is 29.3 Å². The van der Waals surface area contributed by atoms with Crippen molar-refractivity contribution in [3.8, 4) is 0 Å². The summed E-state index contributed by atoms with van der Waals surface area (Å²) in [5, 5.41) is 4.15. The SMILES string of the molecule is CCOC(=O)Cn1ncc2c1CCC[C@H]2N(C)S(=O)(=O)c1cc(C(C)(F)F)cc(C(F)(F)F)c1. The Kier molecular flexibility index (Phi) is 7.09. The minimum Gasteiger partial charge on any atom is -0.465 e. The fourth-order valence-electron chi connectivity index (χ4n) is 3.94. The molecule has 0 saturated heterocycles. The summed E-state index contributed by atoms with van der Waals surface area (Å²) in [6, 6.07) is 0.367. The van der Waals surface area contributed by atoms with Crippen molar-refractivity contribution in [1.29, 1.82) is 0 Å². The number of aromatic nitrogens is 2. The molecule has 0 radical (unpaired) electrons. The Morgan fingerprint density at radius 2 is 1.85 bits per heavy atom. The lowest BCUT2D eigenvalue weighted by atomic mass is 9.93. The highest BCUT2D eigenvalue weighted by Crippen LogP contribution is 2.40. The average molecular weight is 509 g/mol. The molecule has 2 aromatic rings. The predicted molar refractivity (Wildman–Crippen MR) is 110 cm³/mol. The molecule has 188 valence electrons. The number of hydrogen-bond donors (Lipinski definition) is 0. The standard InChI is InChI=1S/C21H24F5N3O4S/c1-4-33-19(30)12-29-18-7-5-6-17(16(18)11-27-29)28(3)34(31,32)15-9-13(20(2,22)23)8-14(10-15)21(24,25)26/h8-11,17H,4-7,12H2,1-3H3/t17-/m1/s1. The fraction of sp³-hybridized carbons (Fsp3) is 0.524. The van der Waals surface area contributed by atoms with Gasteiger partial charge in [-0.25, -0.2) is 17.2 Å². The van der Waals surface area contributed by atoms with Crippen LogP contribution >= 0.6 is 0 Å². The number of rotatable bonds is 7. The maximum atomic E-state index is 13.9. The Morgan fingerprint density at radius 3 is 2.44 bits per heavy atom. The Hall–Kier alpha value is -2.54. The molecule has 0 fully saturated rings. The number of nitrogens with zero attached hydrogens (tertiary/aromatic N) is 3. The van der Waals surface area contributed by atoms with Crippen LogP contribution in [0.1, 0.15) is 55.1 Å². The molecular weight excluding hydrogens is 485 g/mol. The van der Waals surface area contributed by atoms with Crippen molar-refractivity contribution in [2.75, 3.05) is 13.7 Å². The second kappa shape index (κ2) is 9.25. The maximum absolute atomic E-state index is 13.9. The molecule has 1 atom stereocenters. The smallest absolute Gasteiger partial charge is 0.416 e. The molecule has 0 N–H and O–H groups in total. The van der Waals surface area contributed by atoms with Crippen molar-refractivity contribution in [2.24, 2.45) is 0 Å². The molecular formula is C21H24F5N3O4S. The van der Waals surface area contributed by atoms with Gasteiger partial charge in [0.05, 0.1) is 29.3 Å². The van der Waals surface area contributed by atoms with Crippen LogP contribution in [0.5, 0.6) is 0 Å². The minimum atomic E-state index is -5.02. The van der Waals surface area contributed by atoms with E-state index < -0.39 is 50.2 Å². The first-order valence-electron chi connectivity index (χ1n) is 10.4. The molecule has 7 nitrogen and oxygen atoms in total. The van der Waals surface area contributed by atoms with E-state index in [0.29, 0.717) is 49.6 Å². The van der Waals surface area contributed by atoms with Crippen LogP contribution in [0, 0.1) is 0 Å². The van der Waals surface area contributed by atoms with Crippen LogP contribution in [-0.2, 0) is 44.6 Å². The molecule has 1 heterocycles. The number of carbonyl (C=O) groups is 1. The number of halogens is 5. The van der Waals surface area contributed by atoms with Crippen molar-refractivity contribution in [3.05, 3.63) is 46.8 Å². The molecule has 0 amide bonds. The minimum absolute atomic E-state index is 0.172. The Balaban J connectivity index is 2.01. The van der Waals surface area contributed by atoms with Gasteiger partial charge in [0.15, 0.2) is 0 Å². The van der Waals surface area contributed by atoms with E-state index in [4.69, 9.17) is 4.74 Å². The normalized spacial score (nSPS) is 17.0. The van der Waals surface area contributed by atoms with E-state index in [1.807, 2.05) is 0 Å². The number of ether oxygens (including phenoxy) is 1. The van der Waals surface area contributed by atoms with E-state index in [0.717, 1.165) is 4.31 Å². The molecule has 13 heteroatoms. The number of benzene rings is 1. The summed E-state index contributed by atoms with van der Waals surface area (Å²) in [4.78, 5) is 11.0. The van der Waals surface area contributed by atoms with Gasteiger partial charge in [0.1, 0.15) is 6.54 Å². The molecule has 0 unspecified atom stereocenters. The molecule has 0 saturated carbocycles. The highest BCUT2D eigenvalue weighted by atomic mass is 32.2. The molecule has 1 aromatic heterocycles. The topological polar surface area (TPSA) is 81.5 Å². The van der Waals surface area contributed by atoms with E-state index in [-0.39, 0.29) is 19.2 Å². The maximum Gasteiger partial charge on any atom is 0.416 e. The Bertz CT molecular complexity index is 1140. The van der Waals surface area contributed by atoms with Crippen molar-refractivity contribution in [3.63, 3.8) is 0 Å². The fourth-order valence-corrected chi connectivity index (χ4v) is 5.38. The van der Waals surface area contributed by atoms with Gasteiger partial charge in [0.2, 0.25) is 10.0 Å². The van der Waals surface area contributed by atoms with E-state index in [9.17, 15) is 35.2 Å². The molecule has 3 rings (SSSR count). The van der Waals surface area contributed by atoms with E-state index in [2.05, 4.69) is 5.10 Å². The number of carbonyl (C=O) groups excluding carboxylic acids is 1. The quantitative estimate of drug-likeness (QED) is 0.411. The van der Waals surface area contributed by atoms with Crippen molar-refractivity contribution in [1.82, 2.24) is 14.1 Å². The van der Waals surface area contributed by atoms with Gasteiger partial charge in [-0.05, 0) is 44.4 Å². The lowest BCUT2D eigenvalue weighted by Gasteiger charge is -2.31. The van der Waals surface area contributed by atoms with Gasteiger partial charge in [-0.2, -0.15) is 22.6 Å². The zero-order valence-electron chi connectivity index (χ0n) is 18.7. The Morgan fingerprint density at radius 1 is 1.21 bits per heavy atom. The summed E-state index contributed by atoms with van der Waals surface area (Å²) in [5.74, 6) is -4.20. The molecule has 34 heavy (non-hydrogen) atoms.